The molecule has 40 heavy (non-hydrogen) atoms. The average molecular weight is 599 g/mol. The Kier molecular flexibility index (Phi) is 12.6. The van der Waals surface area contributed by atoms with Crippen molar-refractivity contribution in [1.29, 1.82) is 0 Å². The lowest BCUT2D eigenvalue weighted by Crippen LogP contribution is -2.45. The zero-order valence-electron chi connectivity index (χ0n) is 23.1. The third kappa shape index (κ3) is 10.9. The number of ether oxygens (including phenoxy) is 2. The first kappa shape index (κ1) is 32.2. The van der Waals surface area contributed by atoms with E-state index in [1.54, 1.807) is 6.92 Å². The third-order valence-electron chi connectivity index (χ3n) is 7.26. The number of hydrogen-bond donors (Lipinski definition) is 2. The summed E-state index contributed by atoms with van der Waals surface area (Å²) in [6.07, 6.45) is 10.2. The van der Waals surface area contributed by atoms with Gasteiger partial charge in [0.15, 0.2) is 0 Å². The molecule has 0 radical (unpaired) electrons. The summed E-state index contributed by atoms with van der Waals surface area (Å²) in [5, 5.41) is -0.883. The van der Waals surface area contributed by atoms with E-state index < -0.39 is 54.6 Å². The molecule has 0 heterocycles. The van der Waals surface area contributed by atoms with Crippen molar-refractivity contribution in [3.8, 4) is 0 Å². The Morgan fingerprint density at radius 2 is 1.25 bits per heavy atom. The minimum atomic E-state index is -3.59. The Balaban J connectivity index is 1.47. The van der Waals surface area contributed by atoms with Crippen LogP contribution >= 0.6 is 0 Å². The van der Waals surface area contributed by atoms with Gasteiger partial charge in [-0.25, -0.2) is 35.9 Å². The van der Waals surface area contributed by atoms with Crippen LogP contribution in [0.5, 0.6) is 0 Å². The van der Waals surface area contributed by atoms with Crippen LogP contribution in [0.25, 0.3) is 0 Å². The number of benzene rings is 1. The number of sulfonamides is 2. The van der Waals surface area contributed by atoms with E-state index in [0.29, 0.717) is 32.1 Å². The van der Waals surface area contributed by atoms with Gasteiger partial charge in [0.2, 0.25) is 20.0 Å². The highest BCUT2D eigenvalue weighted by Gasteiger charge is 2.30. The van der Waals surface area contributed by atoms with Crippen LogP contribution in [-0.4, -0.2) is 64.6 Å². The van der Waals surface area contributed by atoms with E-state index in [9.17, 15) is 26.4 Å². The molecule has 0 bridgehead atoms. The molecule has 12 heteroatoms. The number of rotatable bonds is 14. The number of carbonyl (C=O) groups excluding carboxylic acids is 2. The van der Waals surface area contributed by atoms with E-state index in [0.717, 1.165) is 56.2 Å². The lowest BCUT2D eigenvalue weighted by molar-refractivity contribution is -0.141. The van der Waals surface area contributed by atoms with Gasteiger partial charge in [-0.3, -0.25) is 0 Å². The number of nitrogens with one attached hydrogen (secondary N) is 2. The van der Waals surface area contributed by atoms with Crippen molar-refractivity contribution in [3.05, 3.63) is 48.0 Å². The molecule has 0 aromatic heterocycles. The maximum absolute atomic E-state index is 13.0. The van der Waals surface area contributed by atoms with Crippen LogP contribution < -0.4 is 9.44 Å². The van der Waals surface area contributed by atoms with Crippen molar-refractivity contribution < 1.29 is 35.9 Å². The fourth-order valence-corrected chi connectivity index (χ4v) is 8.68. The lowest BCUT2D eigenvalue weighted by Gasteiger charge is -2.25. The molecule has 2 aliphatic carbocycles. The molecule has 2 N–H and O–H groups in total. The average Bonchev–Trinajstić information content (AvgIpc) is 2.95. The van der Waals surface area contributed by atoms with E-state index in [4.69, 9.17) is 9.47 Å². The minimum Gasteiger partial charge on any atom is -0.461 e. The summed E-state index contributed by atoms with van der Waals surface area (Å²) < 4.78 is 66.6. The number of hydrogen-bond acceptors (Lipinski definition) is 8. The zero-order valence-corrected chi connectivity index (χ0v) is 24.8. The molecule has 1 aromatic rings. The summed E-state index contributed by atoms with van der Waals surface area (Å²) in [6.45, 7) is 1.21. The molecule has 0 unspecified atom stereocenters. The zero-order chi connectivity index (χ0) is 29.0. The van der Waals surface area contributed by atoms with Crippen LogP contribution in [0.4, 0.5) is 0 Å². The van der Waals surface area contributed by atoms with Crippen LogP contribution in [0.15, 0.2) is 42.5 Å². The van der Waals surface area contributed by atoms with E-state index in [2.05, 4.69) is 9.44 Å². The van der Waals surface area contributed by atoms with Crippen LogP contribution in [-0.2, 0) is 45.5 Å². The summed E-state index contributed by atoms with van der Waals surface area (Å²) in [7, 11) is -7.09. The van der Waals surface area contributed by atoms with E-state index in [1.165, 1.54) is 0 Å². The SMILES string of the molecule is C[C@@H](COC(=O)/C=C/C(=O)OC[C@H](Cc1ccccc1)NS(=O)(=O)C1CCCCC1)NS(=O)(=O)C1CCCCC1. The Labute approximate surface area is 238 Å². The highest BCUT2D eigenvalue weighted by Crippen LogP contribution is 2.24. The monoisotopic (exact) mass is 598 g/mol. The van der Waals surface area contributed by atoms with Gasteiger partial charge in [0.1, 0.15) is 13.2 Å². The maximum atomic E-state index is 13.0. The first-order valence-corrected chi connectivity index (χ1v) is 17.2. The normalized spacial score (nSPS) is 19.2. The quantitative estimate of drug-likeness (QED) is 0.245. The van der Waals surface area contributed by atoms with Gasteiger partial charge in [-0.15, -0.1) is 0 Å². The predicted octanol–water partition coefficient (Wildman–Crippen LogP) is 3.13. The van der Waals surface area contributed by atoms with Gasteiger partial charge in [0.25, 0.3) is 0 Å². The van der Waals surface area contributed by atoms with Crippen LogP contribution in [0.3, 0.4) is 0 Å². The largest absolute Gasteiger partial charge is 0.461 e. The first-order valence-electron chi connectivity index (χ1n) is 14.1. The molecule has 2 saturated carbocycles. The molecule has 2 fully saturated rings. The van der Waals surface area contributed by atoms with Gasteiger partial charge >= 0.3 is 11.9 Å². The van der Waals surface area contributed by atoms with Crippen LogP contribution in [0, 0.1) is 0 Å². The second-order valence-corrected chi connectivity index (χ2v) is 14.7. The van der Waals surface area contributed by atoms with Crippen molar-refractivity contribution in [3.63, 3.8) is 0 Å². The van der Waals surface area contributed by atoms with Crippen molar-refractivity contribution >= 4 is 32.0 Å². The van der Waals surface area contributed by atoms with E-state index in [1.807, 2.05) is 30.3 Å². The first-order chi connectivity index (χ1) is 19.0. The second kappa shape index (κ2) is 15.6. The summed E-state index contributed by atoms with van der Waals surface area (Å²) >= 11 is 0. The summed E-state index contributed by atoms with van der Waals surface area (Å²) in [4.78, 5) is 24.4. The van der Waals surface area contributed by atoms with Gasteiger partial charge in [-0.05, 0) is 44.6 Å². The molecule has 0 aliphatic heterocycles. The van der Waals surface area contributed by atoms with Crippen molar-refractivity contribution in [2.24, 2.45) is 0 Å². The topological polar surface area (TPSA) is 145 Å². The van der Waals surface area contributed by atoms with Crippen LogP contribution in [0.2, 0.25) is 0 Å². The van der Waals surface area contributed by atoms with Crippen LogP contribution in [0.1, 0.15) is 76.7 Å². The summed E-state index contributed by atoms with van der Waals surface area (Å²) in [5.41, 5.74) is 0.891. The highest BCUT2D eigenvalue weighted by molar-refractivity contribution is 7.90. The van der Waals surface area contributed by atoms with E-state index >= 15 is 0 Å². The van der Waals surface area contributed by atoms with Gasteiger partial charge in [0.05, 0.1) is 22.6 Å². The minimum absolute atomic E-state index is 0.188. The molecular weight excluding hydrogens is 556 g/mol. The van der Waals surface area contributed by atoms with Gasteiger partial charge in [0, 0.05) is 12.2 Å². The molecule has 2 atom stereocenters. The number of esters is 2. The molecular formula is C28H42N2O8S2. The van der Waals surface area contributed by atoms with Gasteiger partial charge in [-0.2, -0.15) is 0 Å². The third-order valence-corrected chi connectivity index (χ3v) is 11.4. The fourth-order valence-electron chi connectivity index (χ4n) is 5.15. The van der Waals surface area contributed by atoms with Crippen molar-refractivity contribution in [2.45, 2.75) is 100 Å². The Hall–Kier alpha value is -2.28. The van der Waals surface area contributed by atoms with Gasteiger partial charge in [-0.1, -0.05) is 68.9 Å². The predicted molar refractivity (Wildman–Crippen MR) is 152 cm³/mol. The van der Waals surface area contributed by atoms with E-state index in [-0.39, 0.29) is 13.2 Å². The Morgan fingerprint density at radius 3 is 1.77 bits per heavy atom. The lowest BCUT2D eigenvalue weighted by atomic mass is 10.0. The van der Waals surface area contributed by atoms with Gasteiger partial charge < -0.3 is 9.47 Å². The Bertz CT molecular complexity index is 1190. The standard InChI is InChI=1S/C28H42N2O8S2/c1-22(29-39(33,34)25-13-7-3-8-14-25)20-37-27(31)17-18-28(32)38-21-24(19-23-11-5-2-6-12-23)30-40(35,36)26-15-9-4-10-16-26/h2,5-6,11-12,17-18,22,24-26,29-30H,3-4,7-10,13-16,19-21H2,1H3/b18-17+/t22-,24-/m0/s1. The molecule has 2 aliphatic rings. The molecule has 10 nitrogen and oxygen atoms in total. The molecule has 0 amide bonds. The fraction of sp³-hybridized carbons (Fsp3) is 0.643. The second-order valence-electron chi connectivity index (χ2n) is 10.7. The molecule has 0 spiro atoms. The molecule has 3 rings (SSSR count). The molecule has 0 saturated heterocycles. The maximum Gasteiger partial charge on any atom is 0.331 e. The summed E-state index contributed by atoms with van der Waals surface area (Å²) in [6, 6.07) is 8.02. The summed E-state index contributed by atoms with van der Waals surface area (Å²) in [5.74, 6) is -1.64. The number of carbonyl (C=O) groups is 2. The van der Waals surface area contributed by atoms with Crippen molar-refractivity contribution in [1.82, 2.24) is 9.44 Å². The Morgan fingerprint density at radius 1 is 0.775 bits per heavy atom. The molecule has 224 valence electrons. The highest BCUT2D eigenvalue weighted by atomic mass is 32.2. The smallest absolute Gasteiger partial charge is 0.331 e. The van der Waals surface area contributed by atoms with Crippen molar-refractivity contribution in [2.75, 3.05) is 13.2 Å². The molecule has 1 aromatic carbocycles.